The molecule has 9 nitrogen and oxygen atoms in total. The summed E-state index contributed by atoms with van der Waals surface area (Å²) < 4.78 is 36.1. The Bertz CT molecular complexity index is 1390. The molecular formula is C30H38N4O5S. The van der Waals surface area contributed by atoms with E-state index in [0.717, 1.165) is 61.2 Å². The lowest BCUT2D eigenvalue weighted by molar-refractivity contribution is -0.127. The Morgan fingerprint density at radius 2 is 1.75 bits per heavy atom. The molecule has 214 valence electrons. The van der Waals surface area contributed by atoms with E-state index in [9.17, 15) is 18.5 Å². The quantitative estimate of drug-likeness (QED) is 0.554. The second-order valence-corrected chi connectivity index (χ2v) is 14.6. The number of rotatable bonds is 6. The van der Waals surface area contributed by atoms with E-state index < -0.39 is 15.4 Å². The first kappa shape index (κ1) is 27.3. The molecule has 2 aliphatic heterocycles. The van der Waals surface area contributed by atoms with E-state index >= 15 is 0 Å². The number of oxazole rings is 1. The Hall–Kier alpha value is -2.90. The maximum atomic E-state index is 13.5. The molecule has 1 amide bonds. The van der Waals surface area contributed by atoms with Gasteiger partial charge in [0.2, 0.25) is 11.8 Å². The van der Waals surface area contributed by atoms with E-state index in [-0.39, 0.29) is 34.7 Å². The van der Waals surface area contributed by atoms with Gasteiger partial charge >= 0.3 is 0 Å². The first-order valence-electron chi connectivity index (χ1n) is 14.6. The van der Waals surface area contributed by atoms with Crippen molar-refractivity contribution in [1.29, 1.82) is 5.26 Å². The molecular weight excluding hydrogens is 528 g/mol. The average Bonchev–Trinajstić information content (AvgIpc) is 3.59. The fourth-order valence-corrected chi connectivity index (χ4v) is 7.56. The number of hydrogen-bond donors (Lipinski definition) is 1. The topological polar surface area (TPSA) is 126 Å². The zero-order chi connectivity index (χ0) is 28.0. The molecule has 0 radical (unpaired) electrons. The summed E-state index contributed by atoms with van der Waals surface area (Å²) in [6, 6.07) is 10.4. The van der Waals surface area contributed by atoms with Gasteiger partial charge in [0.05, 0.1) is 17.6 Å². The highest BCUT2D eigenvalue weighted by molar-refractivity contribution is 7.91. The third kappa shape index (κ3) is 5.38. The summed E-state index contributed by atoms with van der Waals surface area (Å²) in [7, 11) is -2.95. The monoisotopic (exact) mass is 566 g/mol. The Balaban J connectivity index is 1.33. The molecule has 2 atom stereocenters. The van der Waals surface area contributed by atoms with E-state index in [1.165, 1.54) is 0 Å². The Morgan fingerprint density at radius 3 is 2.40 bits per heavy atom. The fraction of sp³-hybridized carbons (Fsp3) is 0.633. The number of hydrogen-bond acceptors (Lipinski definition) is 8. The lowest BCUT2D eigenvalue weighted by atomic mass is 9.76. The minimum absolute atomic E-state index is 0.0553. The van der Waals surface area contributed by atoms with Crippen molar-refractivity contribution in [2.75, 3.05) is 42.7 Å². The largest absolute Gasteiger partial charge is 0.444 e. The lowest BCUT2D eigenvalue weighted by Crippen LogP contribution is -2.42. The highest BCUT2D eigenvalue weighted by atomic mass is 32.2. The Labute approximate surface area is 236 Å². The maximum Gasteiger partial charge on any atom is 0.225 e. The standard InChI is InChI=1S/C30H38N4O5S/c1-29(12-16-38-17-13-29)28-32-25(21-6-8-22(9-7-21)34-14-18-40(36,37)19-15-34)26(39-28)23-4-2-3-5-24(23)27(35)33-30(20-31)10-11-30/h6-9,23-24H,2-5,10-19H2,1H3,(H,33,35)/t23-,24-/m1/s1. The summed E-state index contributed by atoms with van der Waals surface area (Å²) >= 11 is 0. The van der Waals surface area contributed by atoms with Crippen molar-refractivity contribution in [1.82, 2.24) is 10.3 Å². The van der Waals surface area contributed by atoms with Crippen LogP contribution in [0.3, 0.4) is 0 Å². The van der Waals surface area contributed by atoms with Crippen LogP contribution in [-0.2, 0) is 24.8 Å². The van der Waals surface area contributed by atoms with Crippen LogP contribution in [0.5, 0.6) is 0 Å². The third-order valence-corrected chi connectivity index (χ3v) is 11.0. The number of nitrogens with one attached hydrogen (secondary N) is 1. The van der Waals surface area contributed by atoms with Crippen molar-refractivity contribution in [2.24, 2.45) is 5.92 Å². The number of aromatic nitrogens is 1. The zero-order valence-electron chi connectivity index (χ0n) is 23.2. The highest BCUT2D eigenvalue weighted by Gasteiger charge is 2.47. The number of benzene rings is 1. The predicted molar refractivity (Wildman–Crippen MR) is 151 cm³/mol. The summed E-state index contributed by atoms with van der Waals surface area (Å²) in [5.74, 6) is 1.37. The van der Waals surface area contributed by atoms with Gasteiger partial charge in [0, 0.05) is 54.8 Å². The summed E-state index contributed by atoms with van der Waals surface area (Å²) in [6.07, 6.45) is 6.63. The van der Waals surface area contributed by atoms with Gasteiger partial charge in [-0.1, -0.05) is 31.9 Å². The summed E-state index contributed by atoms with van der Waals surface area (Å²) in [6.45, 7) is 4.48. The van der Waals surface area contributed by atoms with Crippen molar-refractivity contribution in [2.45, 2.75) is 75.2 Å². The predicted octanol–water partition coefficient (Wildman–Crippen LogP) is 4.09. The molecule has 4 aliphatic rings. The van der Waals surface area contributed by atoms with Crippen LogP contribution in [0.15, 0.2) is 28.7 Å². The molecule has 6 rings (SSSR count). The van der Waals surface area contributed by atoms with Crippen molar-refractivity contribution in [3.05, 3.63) is 35.9 Å². The molecule has 3 heterocycles. The van der Waals surface area contributed by atoms with Gasteiger partial charge in [-0.3, -0.25) is 4.79 Å². The Morgan fingerprint density at radius 1 is 1.07 bits per heavy atom. The number of nitriles is 1. The minimum atomic E-state index is -2.95. The van der Waals surface area contributed by atoms with E-state index in [2.05, 4.69) is 23.2 Å². The average molecular weight is 567 g/mol. The molecule has 1 aromatic carbocycles. The van der Waals surface area contributed by atoms with Gasteiger partial charge in [0.25, 0.3) is 0 Å². The highest BCUT2D eigenvalue weighted by Crippen LogP contribution is 2.46. The fourth-order valence-electron chi connectivity index (χ4n) is 6.36. The molecule has 40 heavy (non-hydrogen) atoms. The molecule has 4 fully saturated rings. The SMILES string of the molecule is CC1(c2nc(-c3ccc(N4CCS(=O)(=O)CC4)cc3)c([C@@H]3CCCC[C@H]3C(=O)NC3(C#N)CC3)o2)CCOCC1. The van der Waals surface area contributed by atoms with Crippen LogP contribution in [0.25, 0.3) is 11.3 Å². The molecule has 0 spiro atoms. The van der Waals surface area contributed by atoms with Crippen molar-refractivity contribution >= 4 is 21.4 Å². The summed E-state index contributed by atoms with van der Waals surface area (Å²) in [4.78, 5) is 20.7. The van der Waals surface area contributed by atoms with E-state index in [1.54, 1.807) is 0 Å². The van der Waals surface area contributed by atoms with E-state index in [4.69, 9.17) is 14.1 Å². The molecule has 2 saturated carbocycles. The van der Waals surface area contributed by atoms with E-state index in [1.807, 2.05) is 24.3 Å². The smallest absolute Gasteiger partial charge is 0.225 e. The first-order valence-corrected chi connectivity index (χ1v) is 16.4. The van der Waals surface area contributed by atoms with Crippen LogP contribution in [0.2, 0.25) is 0 Å². The molecule has 1 N–H and O–H groups in total. The second kappa shape index (κ2) is 10.5. The number of nitrogens with zero attached hydrogens (tertiary/aromatic N) is 3. The van der Waals surface area contributed by atoms with Crippen LogP contribution in [0.4, 0.5) is 5.69 Å². The normalized spacial score (nSPS) is 26.9. The van der Waals surface area contributed by atoms with Gasteiger partial charge in [0.1, 0.15) is 17.0 Å². The first-order chi connectivity index (χ1) is 19.2. The van der Waals surface area contributed by atoms with E-state index in [0.29, 0.717) is 45.0 Å². The molecule has 1 aromatic heterocycles. The van der Waals surface area contributed by atoms with Crippen molar-refractivity contribution in [3.63, 3.8) is 0 Å². The summed E-state index contributed by atoms with van der Waals surface area (Å²) in [5.41, 5.74) is 1.75. The zero-order valence-corrected chi connectivity index (χ0v) is 24.0. The number of amides is 1. The summed E-state index contributed by atoms with van der Waals surface area (Å²) in [5, 5.41) is 12.6. The van der Waals surface area contributed by atoms with Crippen LogP contribution in [0.1, 0.15) is 75.9 Å². The molecule has 2 aromatic rings. The van der Waals surface area contributed by atoms with Gasteiger partial charge < -0.3 is 19.4 Å². The molecule has 2 saturated heterocycles. The van der Waals surface area contributed by atoms with Gasteiger partial charge in [0.15, 0.2) is 9.84 Å². The number of carbonyl (C=O) groups excluding carboxylic acids is 1. The van der Waals surface area contributed by atoms with Crippen LogP contribution >= 0.6 is 0 Å². The van der Waals surface area contributed by atoms with Crippen molar-refractivity contribution in [3.8, 4) is 17.3 Å². The van der Waals surface area contributed by atoms with Crippen LogP contribution < -0.4 is 10.2 Å². The van der Waals surface area contributed by atoms with Crippen LogP contribution in [-0.4, -0.2) is 62.7 Å². The van der Waals surface area contributed by atoms with Gasteiger partial charge in [-0.25, -0.2) is 13.4 Å². The lowest BCUT2D eigenvalue weighted by Gasteiger charge is -2.31. The van der Waals surface area contributed by atoms with Crippen LogP contribution in [0, 0.1) is 17.2 Å². The maximum absolute atomic E-state index is 13.5. The minimum Gasteiger partial charge on any atom is -0.444 e. The molecule has 2 aliphatic carbocycles. The van der Waals surface area contributed by atoms with Crippen molar-refractivity contribution < 1.29 is 22.4 Å². The molecule has 0 unspecified atom stereocenters. The molecule has 0 bridgehead atoms. The van der Waals surface area contributed by atoms with Gasteiger partial charge in [-0.15, -0.1) is 0 Å². The number of carbonyl (C=O) groups is 1. The third-order valence-electron chi connectivity index (χ3n) is 9.38. The Kier molecular flexibility index (Phi) is 7.16. The number of sulfone groups is 1. The molecule has 10 heteroatoms. The van der Waals surface area contributed by atoms with Gasteiger partial charge in [-0.2, -0.15) is 5.26 Å². The number of anilines is 1. The number of ether oxygens (including phenoxy) is 1. The van der Waals surface area contributed by atoms with Gasteiger partial charge in [-0.05, 0) is 50.7 Å². The second-order valence-electron chi connectivity index (χ2n) is 12.3.